The minimum Gasteiger partial charge on any atom is -0.469 e. The highest BCUT2D eigenvalue weighted by Gasteiger charge is 2.16. The summed E-state index contributed by atoms with van der Waals surface area (Å²) in [5.41, 5.74) is 2.02. The molecule has 0 unspecified atom stereocenters. The molecule has 1 atom stereocenters. The first-order chi connectivity index (χ1) is 10.6. The third-order valence-corrected chi connectivity index (χ3v) is 3.97. The molecule has 3 nitrogen and oxygen atoms in total. The van der Waals surface area contributed by atoms with E-state index in [1.165, 1.54) is 7.11 Å². The van der Waals surface area contributed by atoms with Gasteiger partial charge >= 0.3 is 5.97 Å². The zero-order valence-electron chi connectivity index (χ0n) is 12.3. The minimum atomic E-state index is -0.219. The topological polar surface area (TPSA) is 39.2 Å². The van der Waals surface area contributed by atoms with Crippen molar-refractivity contribution in [2.45, 2.75) is 25.2 Å². The Hall–Kier alpha value is -1.58. The second-order valence-electron chi connectivity index (χ2n) is 5.04. The number of ether oxygens (including phenoxy) is 1. The van der Waals surface area contributed by atoms with Gasteiger partial charge in [0.15, 0.2) is 0 Å². The van der Waals surface area contributed by atoms with Gasteiger partial charge in [-0.3, -0.25) is 9.78 Å². The van der Waals surface area contributed by atoms with E-state index in [2.05, 4.69) is 4.98 Å². The lowest BCUT2D eigenvalue weighted by Crippen LogP contribution is -2.09. The minimum absolute atomic E-state index is 0.0963. The molecular formula is C17H17Cl2NO2. The van der Waals surface area contributed by atoms with Crippen molar-refractivity contribution >= 4 is 29.2 Å². The maximum absolute atomic E-state index is 11.4. The van der Waals surface area contributed by atoms with Gasteiger partial charge in [-0.1, -0.05) is 35.3 Å². The molecule has 0 aliphatic rings. The number of esters is 1. The van der Waals surface area contributed by atoms with E-state index in [0.29, 0.717) is 22.9 Å². The van der Waals surface area contributed by atoms with Crippen LogP contribution in [0.1, 0.15) is 30.0 Å². The van der Waals surface area contributed by atoms with Crippen LogP contribution in [0.5, 0.6) is 0 Å². The van der Waals surface area contributed by atoms with Crippen LogP contribution in [-0.4, -0.2) is 18.1 Å². The van der Waals surface area contributed by atoms with E-state index >= 15 is 0 Å². The Bertz CT molecular complexity index is 629. The van der Waals surface area contributed by atoms with Crippen LogP contribution in [0.15, 0.2) is 42.6 Å². The summed E-state index contributed by atoms with van der Waals surface area (Å²) in [6.45, 7) is 0. The number of benzene rings is 1. The number of halogens is 2. The van der Waals surface area contributed by atoms with E-state index in [1.54, 1.807) is 12.3 Å². The van der Waals surface area contributed by atoms with Crippen LogP contribution in [0.3, 0.4) is 0 Å². The Morgan fingerprint density at radius 3 is 2.55 bits per heavy atom. The summed E-state index contributed by atoms with van der Waals surface area (Å²) in [5.74, 6) is -0.123. The van der Waals surface area contributed by atoms with Crippen molar-refractivity contribution in [2.24, 2.45) is 0 Å². The lowest BCUT2D eigenvalue weighted by molar-refractivity contribution is -0.140. The molecule has 0 aliphatic carbocycles. The summed E-state index contributed by atoms with van der Waals surface area (Å²) in [6, 6.07) is 11.3. The molecule has 1 aromatic carbocycles. The molecule has 0 spiro atoms. The normalized spacial score (nSPS) is 12.0. The van der Waals surface area contributed by atoms with Crippen molar-refractivity contribution in [1.82, 2.24) is 4.98 Å². The van der Waals surface area contributed by atoms with Gasteiger partial charge in [0, 0.05) is 34.3 Å². The van der Waals surface area contributed by atoms with Crippen molar-refractivity contribution in [1.29, 1.82) is 0 Å². The average molecular weight is 338 g/mol. The second-order valence-corrected chi connectivity index (χ2v) is 5.91. The maximum Gasteiger partial charge on any atom is 0.305 e. The number of hydrogen-bond acceptors (Lipinski definition) is 3. The number of pyridine rings is 1. The smallest absolute Gasteiger partial charge is 0.305 e. The Balaban J connectivity index is 2.17. The molecule has 0 aliphatic heterocycles. The van der Waals surface area contributed by atoms with E-state index in [0.717, 1.165) is 17.7 Å². The summed E-state index contributed by atoms with van der Waals surface area (Å²) in [5, 5.41) is 1.35. The molecule has 22 heavy (non-hydrogen) atoms. The molecule has 2 rings (SSSR count). The molecule has 0 amide bonds. The number of carbonyl (C=O) groups is 1. The molecule has 116 valence electrons. The molecule has 0 saturated heterocycles. The molecule has 0 radical (unpaired) electrons. The van der Waals surface area contributed by atoms with Crippen LogP contribution in [-0.2, 0) is 16.0 Å². The fourth-order valence-corrected chi connectivity index (χ4v) is 2.59. The Kier molecular flexibility index (Phi) is 6.22. The molecule has 1 aromatic heterocycles. The Morgan fingerprint density at radius 2 is 1.91 bits per heavy atom. The number of methoxy groups -OCH3 is 1. The van der Waals surface area contributed by atoms with Gasteiger partial charge < -0.3 is 4.74 Å². The first-order valence-corrected chi connectivity index (χ1v) is 7.77. The van der Waals surface area contributed by atoms with E-state index < -0.39 is 0 Å². The molecule has 0 saturated carbocycles. The number of aromatic nitrogens is 1. The molecule has 0 fully saturated rings. The summed E-state index contributed by atoms with van der Waals surface area (Å²) >= 11 is 12.0. The van der Waals surface area contributed by atoms with Crippen molar-refractivity contribution in [3.05, 3.63) is 63.9 Å². The van der Waals surface area contributed by atoms with Crippen LogP contribution >= 0.6 is 23.2 Å². The van der Waals surface area contributed by atoms with Crippen LogP contribution in [0, 0.1) is 0 Å². The van der Waals surface area contributed by atoms with E-state index in [9.17, 15) is 4.79 Å². The molecule has 1 heterocycles. The third-order valence-electron chi connectivity index (χ3n) is 3.48. The average Bonchev–Trinajstić information content (AvgIpc) is 2.52. The highest BCUT2D eigenvalue weighted by Crippen LogP contribution is 2.26. The molecule has 0 bridgehead atoms. The van der Waals surface area contributed by atoms with Crippen LogP contribution in [0.25, 0.3) is 0 Å². The summed E-state index contributed by atoms with van der Waals surface area (Å²) in [7, 11) is 1.40. The van der Waals surface area contributed by atoms with Crippen molar-refractivity contribution < 1.29 is 9.53 Å². The Labute approximate surface area is 140 Å². The van der Waals surface area contributed by atoms with Gasteiger partial charge in [0.05, 0.1) is 7.11 Å². The second kappa shape index (κ2) is 8.16. The van der Waals surface area contributed by atoms with Crippen LogP contribution in [0.4, 0.5) is 0 Å². The Morgan fingerprint density at radius 1 is 1.18 bits per heavy atom. The largest absolute Gasteiger partial charge is 0.469 e. The predicted octanol–water partition coefficient (Wildman–Crippen LogP) is 4.67. The fraction of sp³-hybridized carbons (Fsp3) is 0.294. The standard InChI is InChI=1S/C17H17Cl2NO2/c1-22-17(21)7-4-13(16-11-15(19)8-9-20-16)10-12-2-5-14(18)6-3-12/h2-3,5-6,8-9,11,13H,4,7,10H2,1H3/t13-/m1/s1. The first-order valence-electron chi connectivity index (χ1n) is 7.01. The first kappa shape index (κ1) is 16.8. The van der Waals surface area contributed by atoms with E-state index in [1.807, 2.05) is 30.3 Å². The highest BCUT2D eigenvalue weighted by atomic mass is 35.5. The van der Waals surface area contributed by atoms with E-state index in [4.69, 9.17) is 27.9 Å². The van der Waals surface area contributed by atoms with Gasteiger partial charge in [0.1, 0.15) is 0 Å². The number of carbonyl (C=O) groups excluding carboxylic acids is 1. The molecule has 2 aromatic rings. The summed E-state index contributed by atoms with van der Waals surface area (Å²) in [4.78, 5) is 15.8. The molecule has 0 N–H and O–H groups in total. The van der Waals surface area contributed by atoms with E-state index in [-0.39, 0.29) is 11.9 Å². The van der Waals surface area contributed by atoms with Gasteiger partial charge in [-0.15, -0.1) is 0 Å². The van der Waals surface area contributed by atoms with Crippen molar-refractivity contribution in [3.8, 4) is 0 Å². The lowest BCUT2D eigenvalue weighted by Gasteiger charge is -2.16. The predicted molar refractivity (Wildman–Crippen MR) is 88.4 cm³/mol. The number of nitrogens with zero attached hydrogens (tertiary/aromatic N) is 1. The highest BCUT2D eigenvalue weighted by molar-refractivity contribution is 6.30. The van der Waals surface area contributed by atoms with Crippen LogP contribution in [0.2, 0.25) is 10.0 Å². The van der Waals surface area contributed by atoms with Gasteiger partial charge in [0.2, 0.25) is 0 Å². The lowest BCUT2D eigenvalue weighted by atomic mass is 9.91. The zero-order valence-corrected chi connectivity index (χ0v) is 13.8. The molecule has 5 heteroatoms. The summed E-state index contributed by atoms with van der Waals surface area (Å²) in [6.07, 6.45) is 3.46. The number of rotatable bonds is 6. The maximum atomic E-state index is 11.4. The van der Waals surface area contributed by atoms with Crippen molar-refractivity contribution in [2.75, 3.05) is 7.11 Å². The fourth-order valence-electron chi connectivity index (χ4n) is 2.30. The van der Waals surface area contributed by atoms with Gasteiger partial charge in [0.25, 0.3) is 0 Å². The quantitative estimate of drug-likeness (QED) is 0.719. The SMILES string of the molecule is COC(=O)CC[C@H](Cc1ccc(Cl)cc1)c1cc(Cl)ccn1. The molecular weight excluding hydrogens is 321 g/mol. The summed E-state index contributed by atoms with van der Waals surface area (Å²) < 4.78 is 4.72. The van der Waals surface area contributed by atoms with Crippen molar-refractivity contribution in [3.63, 3.8) is 0 Å². The monoisotopic (exact) mass is 337 g/mol. The zero-order chi connectivity index (χ0) is 15.9. The van der Waals surface area contributed by atoms with Gasteiger partial charge in [-0.25, -0.2) is 0 Å². The van der Waals surface area contributed by atoms with Crippen LogP contribution < -0.4 is 0 Å². The third kappa shape index (κ3) is 5.00. The van der Waals surface area contributed by atoms with Gasteiger partial charge in [-0.05, 0) is 42.7 Å². The van der Waals surface area contributed by atoms with Gasteiger partial charge in [-0.2, -0.15) is 0 Å². The number of hydrogen-bond donors (Lipinski definition) is 0.